The van der Waals surface area contributed by atoms with Gasteiger partial charge in [0.15, 0.2) is 0 Å². The number of likely N-dealkylation sites (tertiary alicyclic amines) is 1. The zero-order valence-electron chi connectivity index (χ0n) is 12.2. The highest BCUT2D eigenvalue weighted by Gasteiger charge is 2.22. The Labute approximate surface area is 116 Å². The minimum atomic E-state index is 0.608. The van der Waals surface area contributed by atoms with Crippen LogP contribution in [0.2, 0.25) is 0 Å². The summed E-state index contributed by atoms with van der Waals surface area (Å²) in [5, 5.41) is 0. The summed E-state index contributed by atoms with van der Waals surface area (Å²) in [4.78, 5) is 4.86. The maximum atomic E-state index is 5.86. The molecule has 0 radical (unpaired) electrons. The van der Waals surface area contributed by atoms with E-state index in [1.54, 1.807) is 7.11 Å². The second-order valence-corrected chi connectivity index (χ2v) is 5.20. The van der Waals surface area contributed by atoms with Crippen LogP contribution < -0.4 is 15.4 Å². The highest BCUT2D eigenvalue weighted by atomic mass is 16.5. The van der Waals surface area contributed by atoms with Crippen LogP contribution in [0.25, 0.3) is 0 Å². The maximum absolute atomic E-state index is 5.86. The molecular formula is C15H25N3O. The van der Waals surface area contributed by atoms with Gasteiger partial charge in [-0.25, -0.2) is 0 Å². The molecule has 1 saturated heterocycles. The lowest BCUT2D eigenvalue weighted by Gasteiger charge is -2.37. The van der Waals surface area contributed by atoms with Crippen LogP contribution in [0.5, 0.6) is 5.75 Å². The van der Waals surface area contributed by atoms with Gasteiger partial charge in [0, 0.05) is 37.9 Å². The Morgan fingerprint density at radius 1 is 1.37 bits per heavy atom. The fraction of sp³-hybridized carbons (Fsp3) is 0.600. The molecule has 0 atom stereocenters. The van der Waals surface area contributed by atoms with Crippen molar-refractivity contribution in [1.82, 2.24) is 4.90 Å². The first-order chi connectivity index (χ1) is 9.15. The Morgan fingerprint density at radius 2 is 2.05 bits per heavy atom. The molecule has 4 nitrogen and oxygen atoms in total. The highest BCUT2D eigenvalue weighted by Crippen LogP contribution is 2.29. The third-order valence-electron chi connectivity index (χ3n) is 4.18. The van der Waals surface area contributed by atoms with Crippen molar-refractivity contribution in [3.05, 3.63) is 18.2 Å². The molecule has 1 aromatic carbocycles. The number of hydrogen-bond acceptors (Lipinski definition) is 4. The van der Waals surface area contributed by atoms with Gasteiger partial charge in [-0.3, -0.25) is 0 Å². The van der Waals surface area contributed by atoms with Crippen molar-refractivity contribution in [2.45, 2.75) is 25.8 Å². The Bertz CT molecular complexity index is 414. The van der Waals surface area contributed by atoms with Gasteiger partial charge in [0.1, 0.15) is 5.75 Å². The molecule has 0 saturated carbocycles. The molecule has 106 valence electrons. The van der Waals surface area contributed by atoms with Gasteiger partial charge in [-0.2, -0.15) is 0 Å². The Morgan fingerprint density at radius 3 is 2.63 bits per heavy atom. The van der Waals surface area contributed by atoms with E-state index in [2.05, 4.69) is 29.8 Å². The second-order valence-electron chi connectivity index (χ2n) is 5.20. The highest BCUT2D eigenvalue weighted by molar-refractivity contribution is 5.62. The lowest BCUT2D eigenvalue weighted by Crippen LogP contribution is -2.43. The van der Waals surface area contributed by atoms with Crippen molar-refractivity contribution in [3.63, 3.8) is 0 Å². The van der Waals surface area contributed by atoms with Crippen molar-refractivity contribution in [1.29, 1.82) is 0 Å². The van der Waals surface area contributed by atoms with E-state index in [1.165, 1.54) is 31.6 Å². The molecule has 2 rings (SSSR count). The Hall–Kier alpha value is -1.42. The van der Waals surface area contributed by atoms with Crippen LogP contribution in [0.3, 0.4) is 0 Å². The van der Waals surface area contributed by atoms with Crippen LogP contribution in [0.15, 0.2) is 18.2 Å². The minimum Gasteiger partial charge on any atom is -0.495 e. The molecule has 1 aliphatic rings. The Balaban J connectivity index is 2.05. The largest absolute Gasteiger partial charge is 0.495 e. The molecular weight excluding hydrogens is 238 g/mol. The number of hydrogen-bond donors (Lipinski definition) is 1. The summed E-state index contributed by atoms with van der Waals surface area (Å²) in [7, 11) is 3.83. The van der Waals surface area contributed by atoms with Crippen LogP contribution in [0.4, 0.5) is 11.4 Å². The number of benzene rings is 1. The number of ether oxygens (including phenoxy) is 1. The number of nitrogen functional groups attached to an aromatic ring is 1. The summed E-state index contributed by atoms with van der Waals surface area (Å²) < 4.78 is 5.30. The molecule has 2 N–H and O–H groups in total. The van der Waals surface area contributed by atoms with E-state index in [0.29, 0.717) is 11.7 Å². The second kappa shape index (κ2) is 6.15. The fourth-order valence-electron chi connectivity index (χ4n) is 2.75. The molecule has 1 heterocycles. The summed E-state index contributed by atoms with van der Waals surface area (Å²) in [5.74, 6) is 0.760. The number of rotatable bonds is 4. The molecule has 1 aromatic rings. The van der Waals surface area contributed by atoms with Gasteiger partial charge in [0.05, 0.1) is 12.8 Å². The topological polar surface area (TPSA) is 41.7 Å². The number of methoxy groups -OCH3 is 1. The maximum Gasteiger partial charge on any atom is 0.143 e. The smallest absolute Gasteiger partial charge is 0.143 e. The van der Waals surface area contributed by atoms with Gasteiger partial charge >= 0.3 is 0 Å². The molecule has 0 aromatic heterocycles. The average Bonchev–Trinajstić information content (AvgIpc) is 2.47. The Kier molecular flexibility index (Phi) is 4.53. The third kappa shape index (κ3) is 3.13. The molecule has 0 bridgehead atoms. The lowest BCUT2D eigenvalue weighted by molar-refractivity contribution is 0.221. The first kappa shape index (κ1) is 14.0. The first-order valence-electron chi connectivity index (χ1n) is 7.04. The molecule has 0 unspecified atom stereocenters. The quantitative estimate of drug-likeness (QED) is 0.846. The first-order valence-corrected chi connectivity index (χ1v) is 7.04. The van der Waals surface area contributed by atoms with Crippen molar-refractivity contribution >= 4 is 11.4 Å². The van der Waals surface area contributed by atoms with E-state index in [0.717, 1.165) is 12.3 Å². The van der Waals surface area contributed by atoms with Gasteiger partial charge in [-0.1, -0.05) is 6.92 Å². The van der Waals surface area contributed by atoms with E-state index < -0.39 is 0 Å². The summed E-state index contributed by atoms with van der Waals surface area (Å²) in [5.41, 5.74) is 7.74. The molecule has 0 aliphatic carbocycles. The summed E-state index contributed by atoms with van der Waals surface area (Å²) in [6.07, 6.45) is 2.44. The van der Waals surface area contributed by atoms with Crippen molar-refractivity contribution in [2.24, 2.45) is 0 Å². The number of nitrogens with two attached hydrogens (primary N) is 1. The molecule has 1 fully saturated rings. The van der Waals surface area contributed by atoms with Crippen molar-refractivity contribution in [3.8, 4) is 5.75 Å². The number of nitrogens with zero attached hydrogens (tertiary/aromatic N) is 2. The van der Waals surface area contributed by atoms with E-state index >= 15 is 0 Å². The van der Waals surface area contributed by atoms with Crippen LogP contribution in [0, 0.1) is 0 Å². The third-order valence-corrected chi connectivity index (χ3v) is 4.18. The SMILES string of the molecule is CCN1CCC(N(C)c2ccc(N)c(OC)c2)CC1. The monoisotopic (exact) mass is 263 g/mol. The average molecular weight is 263 g/mol. The summed E-state index contributed by atoms with van der Waals surface area (Å²) >= 11 is 0. The van der Waals surface area contributed by atoms with Crippen LogP contribution in [0.1, 0.15) is 19.8 Å². The molecule has 4 heteroatoms. The number of anilines is 2. The normalized spacial score (nSPS) is 17.4. The summed E-state index contributed by atoms with van der Waals surface area (Å²) in [6, 6.07) is 6.63. The zero-order chi connectivity index (χ0) is 13.8. The standard InChI is InChI=1S/C15H25N3O/c1-4-18-9-7-12(8-10-18)17(2)13-5-6-14(16)15(11-13)19-3/h5-6,11-12H,4,7-10,16H2,1-3H3. The lowest BCUT2D eigenvalue weighted by atomic mass is 10.0. The molecule has 19 heavy (non-hydrogen) atoms. The zero-order valence-corrected chi connectivity index (χ0v) is 12.2. The van der Waals surface area contributed by atoms with Crippen LogP contribution >= 0.6 is 0 Å². The number of piperidine rings is 1. The summed E-state index contributed by atoms with van der Waals surface area (Å²) in [6.45, 7) is 5.77. The molecule has 0 spiro atoms. The van der Waals surface area contributed by atoms with E-state index in [9.17, 15) is 0 Å². The predicted octanol–water partition coefficient (Wildman–Crippen LogP) is 2.20. The molecule has 1 aliphatic heterocycles. The fourth-order valence-corrected chi connectivity index (χ4v) is 2.75. The van der Waals surface area contributed by atoms with E-state index in [4.69, 9.17) is 10.5 Å². The predicted molar refractivity (Wildman–Crippen MR) is 80.9 cm³/mol. The van der Waals surface area contributed by atoms with Gasteiger partial charge in [0.2, 0.25) is 0 Å². The van der Waals surface area contributed by atoms with Gasteiger partial charge in [0.25, 0.3) is 0 Å². The molecule has 0 amide bonds. The van der Waals surface area contributed by atoms with Crippen LogP contribution in [-0.4, -0.2) is 44.7 Å². The van der Waals surface area contributed by atoms with Crippen molar-refractivity contribution < 1.29 is 4.74 Å². The minimum absolute atomic E-state index is 0.608. The van der Waals surface area contributed by atoms with E-state index in [1.807, 2.05) is 12.1 Å². The van der Waals surface area contributed by atoms with E-state index in [-0.39, 0.29) is 0 Å². The van der Waals surface area contributed by atoms with Gasteiger partial charge in [-0.15, -0.1) is 0 Å². The van der Waals surface area contributed by atoms with Crippen molar-refractivity contribution in [2.75, 3.05) is 44.4 Å². The van der Waals surface area contributed by atoms with Crippen LogP contribution in [-0.2, 0) is 0 Å². The van der Waals surface area contributed by atoms with Gasteiger partial charge in [-0.05, 0) is 31.5 Å². The van der Waals surface area contributed by atoms with Gasteiger partial charge < -0.3 is 20.3 Å².